The van der Waals surface area contributed by atoms with Crippen molar-refractivity contribution < 1.29 is 33.6 Å². The number of aromatic hydroxyl groups is 1. The van der Waals surface area contributed by atoms with Crippen molar-refractivity contribution in [2.45, 2.75) is 31.8 Å². The molecule has 184 valence electrons. The van der Waals surface area contributed by atoms with Gasteiger partial charge in [0.15, 0.2) is 0 Å². The summed E-state index contributed by atoms with van der Waals surface area (Å²) < 4.78 is 27.5. The van der Waals surface area contributed by atoms with Gasteiger partial charge in [-0.05, 0) is 98.5 Å². The molecule has 1 N–H and O–H groups in total. The van der Waals surface area contributed by atoms with Gasteiger partial charge in [-0.3, -0.25) is 0 Å². The third-order valence-corrected chi connectivity index (χ3v) is 5.38. The smallest absolute Gasteiger partial charge is 0.343 e. The molecular formula is C28H30O7. The molecule has 0 aliphatic carbocycles. The van der Waals surface area contributed by atoms with Crippen LogP contribution in [0.2, 0.25) is 0 Å². The summed E-state index contributed by atoms with van der Waals surface area (Å²) in [5, 5.41) is 9.26. The van der Waals surface area contributed by atoms with Crippen LogP contribution in [-0.2, 0) is 4.74 Å². The number of unbranched alkanes of at least 4 members (excludes halogenated alkanes) is 3. The molecule has 3 aromatic rings. The number of epoxide rings is 1. The summed E-state index contributed by atoms with van der Waals surface area (Å²) >= 11 is 0. The van der Waals surface area contributed by atoms with Crippen LogP contribution in [-0.4, -0.2) is 43.6 Å². The molecule has 0 spiro atoms. The first-order chi connectivity index (χ1) is 17.2. The fraction of sp³-hybridized carbons (Fsp3) is 0.321. The number of carbonyl (C=O) groups is 1. The molecule has 1 atom stereocenters. The lowest BCUT2D eigenvalue weighted by atomic mass is 10.2. The van der Waals surface area contributed by atoms with Gasteiger partial charge in [0, 0.05) is 0 Å². The third kappa shape index (κ3) is 8.54. The van der Waals surface area contributed by atoms with E-state index in [9.17, 15) is 9.90 Å². The molecule has 4 rings (SSSR count). The van der Waals surface area contributed by atoms with E-state index in [2.05, 4.69) is 0 Å². The van der Waals surface area contributed by atoms with Crippen molar-refractivity contribution in [2.24, 2.45) is 0 Å². The van der Waals surface area contributed by atoms with Crippen molar-refractivity contribution in [3.8, 4) is 28.7 Å². The molecule has 35 heavy (non-hydrogen) atoms. The third-order valence-electron chi connectivity index (χ3n) is 5.38. The molecule has 1 aliphatic rings. The number of phenols is 1. The van der Waals surface area contributed by atoms with Crippen LogP contribution >= 0.6 is 0 Å². The Hall–Kier alpha value is -3.71. The lowest BCUT2D eigenvalue weighted by Crippen LogP contribution is -2.09. The van der Waals surface area contributed by atoms with Crippen LogP contribution in [0, 0.1) is 0 Å². The second-order valence-corrected chi connectivity index (χ2v) is 8.26. The molecule has 0 saturated carbocycles. The van der Waals surface area contributed by atoms with E-state index in [1.165, 1.54) is 0 Å². The van der Waals surface area contributed by atoms with Gasteiger partial charge in [-0.15, -0.1) is 0 Å². The zero-order chi connectivity index (χ0) is 24.3. The highest BCUT2D eigenvalue weighted by Gasteiger charge is 2.23. The number of phenolic OH excluding ortho intramolecular Hbond substituents is 1. The number of rotatable bonds is 14. The largest absolute Gasteiger partial charge is 0.508 e. The molecule has 1 fully saturated rings. The van der Waals surface area contributed by atoms with Crippen molar-refractivity contribution in [3.63, 3.8) is 0 Å². The zero-order valence-electron chi connectivity index (χ0n) is 19.6. The standard InChI is InChI=1S/C28H30O7/c29-22-7-11-23(12-8-22)31-17-3-1-2-4-18-32-24-13-15-26(16-14-24)35-28(30)21-5-9-25(10-6-21)33-19-27-20-34-27/h5-16,27,29H,1-4,17-20H2. The maximum Gasteiger partial charge on any atom is 0.343 e. The van der Waals surface area contributed by atoms with Crippen LogP contribution in [0.3, 0.4) is 0 Å². The van der Waals surface area contributed by atoms with Gasteiger partial charge in [0.1, 0.15) is 41.5 Å². The van der Waals surface area contributed by atoms with Crippen molar-refractivity contribution in [1.82, 2.24) is 0 Å². The zero-order valence-corrected chi connectivity index (χ0v) is 19.6. The Morgan fingerprint density at radius 1 is 0.714 bits per heavy atom. The Morgan fingerprint density at radius 2 is 1.20 bits per heavy atom. The fourth-order valence-electron chi connectivity index (χ4n) is 3.29. The summed E-state index contributed by atoms with van der Waals surface area (Å²) in [6.45, 7) is 2.54. The Bertz CT molecular complexity index is 1040. The minimum Gasteiger partial charge on any atom is -0.508 e. The Labute approximate surface area is 205 Å². The number of hydrogen-bond donors (Lipinski definition) is 1. The molecule has 0 amide bonds. The summed E-state index contributed by atoms with van der Waals surface area (Å²) in [6, 6.07) is 20.7. The van der Waals surface area contributed by atoms with Crippen LogP contribution in [0.25, 0.3) is 0 Å². The maximum atomic E-state index is 12.4. The molecule has 1 heterocycles. The molecule has 1 aliphatic heterocycles. The van der Waals surface area contributed by atoms with E-state index in [0.717, 1.165) is 43.8 Å². The van der Waals surface area contributed by atoms with Crippen LogP contribution < -0.4 is 18.9 Å². The minimum absolute atomic E-state index is 0.190. The average molecular weight is 479 g/mol. The highest BCUT2D eigenvalue weighted by molar-refractivity contribution is 5.91. The lowest BCUT2D eigenvalue weighted by molar-refractivity contribution is 0.0734. The van der Waals surface area contributed by atoms with Gasteiger partial charge in [-0.1, -0.05) is 0 Å². The van der Waals surface area contributed by atoms with Crippen molar-refractivity contribution in [3.05, 3.63) is 78.4 Å². The summed E-state index contributed by atoms with van der Waals surface area (Å²) in [6.07, 6.45) is 4.20. The molecule has 1 saturated heterocycles. The van der Waals surface area contributed by atoms with Crippen molar-refractivity contribution in [1.29, 1.82) is 0 Å². The molecule has 1 unspecified atom stereocenters. The van der Waals surface area contributed by atoms with Crippen LogP contribution in [0.4, 0.5) is 0 Å². The van der Waals surface area contributed by atoms with E-state index in [-0.39, 0.29) is 11.9 Å². The van der Waals surface area contributed by atoms with Crippen LogP contribution in [0.1, 0.15) is 36.0 Å². The normalized spacial score (nSPS) is 14.2. The first kappa shape index (κ1) is 24.4. The highest BCUT2D eigenvalue weighted by atomic mass is 16.6. The first-order valence-electron chi connectivity index (χ1n) is 11.9. The molecule has 0 bridgehead atoms. The molecular weight excluding hydrogens is 448 g/mol. The number of benzene rings is 3. The van der Waals surface area contributed by atoms with E-state index in [4.69, 9.17) is 23.7 Å². The van der Waals surface area contributed by atoms with Gasteiger partial charge < -0.3 is 28.8 Å². The number of hydrogen-bond acceptors (Lipinski definition) is 7. The molecule has 0 aromatic heterocycles. The fourth-order valence-corrected chi connectivity index (χ4v) is 3.29. The summed E-state index contributed by atoms with van der Waals surface area (Å²) in [5.74, 6) is 2.47. The predicted octanol–water partition coefficient (Wildman–Crippen LogP) is 5.41. The van der Waals surface area contributed by atoms with Crippen LogP contribution in [0.5, 0.6) is 28.7 Å². The van der Waals surface area contributed by atoms with Gasteiger partial charge in [0.05, 0.1) is 25.4 Å². The van der Waals surface area contributed by atoms with E-state index in [1.807, 2.05) is 0 Å². The monoisotopic (exact) mass is 478 g/mol. The van der Waals surface area contributed by atoms with Crippen LogP contribution in [0.15, 0.2) is 72.8 Å². The van der Waals surface area contributed by atoms with E-state index >= 15 is 0 Å². The van der Waals surface area contributed by atoms with E-state index in [0.29, 0.717) is 36.9 Å². The SMILES string of the molecule is O=C(Oc1ccc(OCCCCCCOc2ccc(O)cc2)cc1)c1ccc(OCC2CO2)cc1. The van der Waals surface area contributed by atoms with Gasteiger partial charge in [0.25, 0.3) is 0 Å². The second-order valence-electron chi connectivity index (χ2n) is 8.26. The van der Waals surface area contributed by atoms with Gasteiger partial charge in [-0.25, -0.2) is 4.79 Å². The summed E-state index contributed by atoms with van der Waals surface area (Å²) in [7, 11) is 0. The van der Waals surface area contributed by atoms with Gasteiger partial charge >= 0.3 is 5.97 Å². The van der Waals surface area contributed by atoms with Gasteiger partial charge in [0.2, 0.25) is 0 Å². The van der Waals surface area contributed by atoms with E-state index < -0.39 is 5.97 Å². The summed E-state index contributed by atoms with van der Waals surface area (Å²) in [5.41, 5.74) is 0.453. The number of esters is 1. The Morgan fingerprint density at radius 3 is 1.77 bits per heavy atom. The highest BCUT2D eigenvalue weighted by Crippen LogP contribution is 2.21. The Balaban J connectivity index is 1.08. The predicted molar refractivity (Wildman–Crippen MR) is 131 cm³/mol. The second kappa shape index (κ2) is 12.7. The summed E-state index contributed by atoms with van der Waals surface area (Å²) in [4.78, 5) is 12.4. The topological polar surface area (TPSA) is 86.8 Å². The molecule has 3 aromatic carbocycles. The molecule has 7 nitrogen and oxygen atoms in total. The Kier molecular flexibility index (Phi) is 8.84. The van der Waals surface area contributed by atoms with Gasteiger partial charge in [-0.2, -0.15) is 0 Å². The number of ether oxygens (including phenoxy) is 5. The number of carbonyl (C=O) groups excluding carboxylic acids is 1. The van der Waals surface area contributed by atoms with E-state index in [1.54, 1.807) is 72.8 Å². The average Bonchev–Trinajstić information content (AvgIpc) is 3.71. The lowest BCUT2D eigenvalue weighted by Gasteiger charge is -2.09. The van der Waals surface area contributed by atoms with Crippen molar-refractivity contribution >= 4 is 5.97 Å². The first-order valence-corrected chi connectivity index (χ1v) is 11.9. The van der Waals surface area contributed by atoms with Crippen molar-refractivity contribution in [2.75, 3.05) is 26.4 Å². The maximum absolute atomic E-state index is 12.4. The quantitative estimate of drug-likeness (QED) is 0.144. The molecule has 7 heteroatoms. The molecule has 0 radical (unpaired) electrons. The minimum atomic E-state index is -0.426.